The molecule has 0 aliphatic heterocycles. The quantitative estimate of drug-likeness (QED) is 0.230. The maximum Gasteiger partial charge on any atom is 0.273 e. The molecule has 2 heterocycles. The van der Waals surface area contributed by atoms with Crippen molar-refractivity contribution in [2.75, 3.05) is 5.32 Å². The lowest BCUT2D eigenvalue weighted by atomic mass is 10.1. The number of benzene rings is 3. The highest BCUT2D eigenvalue weighted by Crippen LogP contribution is 2.24. The molecule has 11 heteroatoms. The van der Waals surface area contributed by atoms with E-state index < -0.39 is 16.4 Å². The van der Waals surface area contributed by atoms with Crippen molar-refractivity contribution in [1.29, 1.82) is 5.26 Å². The fraction of sp³-hybridized carbons (Fsp3) is 0. The molecule has 196 valence electrons. The summed E-state index contributed by atoms with van der Waals surface area (Å²) in [6, 6.07) is 26.3. The summed E-state index contributed by atoms with van der Waals surface area (Å²) in [5.74, 6) is 0.122. The summed E-state index contributed by atoms with van der Waals surface area (Å²) >= 11 is 6.90. The fourth-order valence-electron chi connectivity index (χ4n) is 3.85. The van der Waals surface area contributed by atoms with E-state index in [-0.39, 0.29) is 20.5 Å². The minimum Gasteiger partial charge on any atom is -0.457 e. The number of nitriles is 1. The third-order valence-corrected chi connectivity index (χ3v) is 7.10. The monoisotopic (exact) mass is 568 g/mol. The average molecular weight is 569 g/mol. The number of nitrogens with zero attached hydrogens (tertiary/aromatic N) is 3. The van der Waals surface area contributed by atoms with E-state index >= 15 is 0 Å². The normalized spacial score (nSPS) is 12.1. The zero-order valence-corrected chi connectivity index (χ0v) is 22.0. The Kier molecular flexibility index (Phi) is 7.41. The van der Waals surface area contributed by atoms with Crippen molar-refractivity contribution in [2.45, 2.75) is 0 Å². The minimum absolute atomic E-state index is 0.0423. The molecule has 5 rings (SSSR count). The van der Waals surface area contributed by atoms with Crippen LogP contribution in [0.15, 0.2) is 100 Å². The largest absolute Gasteiger partial charge is 0.457 e. The number of rotatable bonds is 6. The molecule has 9 nitrogen and oxygen atoms in total. The summed E-state index contributed by atoms with van der Waals surface area (Å²) < 4.78 is 7.58. The van der Waals surface area contributed by atoms with Crippen LogP contribution in [0.4, 0.5) is 11.4 Å². The summed E-state index contributed by atoms with van der Waals surface area (Å²) in [5.41, 5.74) is 0.820. The predicted molar refractivity (Wildman–Crippen MR) is 153 cm³/mol. The van der Waals surface area contributed by atoms with Gasteiger partial charge in [-0.25, -0.2) is 0 Å². The predicted octanol–water partition coefficient (Wildman–Crippen LogP) is 4.86. The number of anilines is 1. The molecular weight excluding hydrogens is 552 g/mol. The standard InChI is InChI=1S/C29H17ClN4O5S/c30-19-8-10-20(11-9-19)32-27(35)24(17-31)29-33(21-4-2-1-3-5-21)28(36)26(40-29)16-23-14-15-25(39-23)18-6-12-22(13-7-18)34(37)38/h1-16H,(H,32,35)/b26-16+,29-24+. The second-order valence-corrected chi connectivity index (χ2v) is 9.81. The van der Waals surface area contributed by atoms with Gasteiger partial charge in [-0.15, -0.1) is 11.3 Å². The Bertz CT molecular complexity index is 1950. The van der Waals surface area contributed by atoms with E-state index in [0.29, 0.717) is 33.5 Å². The van der Waals surface area contributed by atoms with Crippen LogP contribution in [0.25, 0.3) is 28.7 Å². The summed E-state index contributed by atoms with van der Waals surface area (Å²) in [5, 5.41) is 24.1. The van der Waals surface area contributed by atoms with E-state index in [4.69, 9.17) is 16.0 Å². The van der Waals surface area contributed by atoms with Crippen molar-refractivity contribution in [2.24, 2.45) is 0 Å². The second-order valence-electron chi connectivity index (χ2n) is 8.35. The van der Waals surface area contributed by atoms with Gasteiger partial charge in [0.25, 0.3) is 17.2 Å². The van der Waals surface area contributed by atoms with Crippen molar-refractivity contribution in [3.05, 3.63) is 131 Å². The first-order valence-corrected chi connectivity index (χ1v) is 12.9. The fourth-order valence-corrected chi connectivity index (χ4v) is 5.05. The number of aromatic nitrogens is 1. The Balaban J connectivity index is 1.61. The summed E-state index contributed by atoms with van der Waals surface area (Å²) in [6.45, 7) is 0. The molecule has 2 aromatic heterocycles. The Morgan fingerprint density at radius 1 is 1.02 bits per heavy atom. The van der Waals surface area contributed by atoms with Gasteiger partial charge in [0.2, 0.25) is 0 Å². The molecule has 0 saturated carbocycles. The molecule has 0 spiro atoms. The average Bonchev–Trinajstić information content (AvgIpc) is 3.55. The molecule has 0 fully saturated rings. The van der Waals surface area contributed by atoms with Crippen molar-refractivity contribution < 1.29 is 14.1 Å². The molecule has 0 radical (unpaired) electrons. The molecule has 0 unspecified atom stereocenters. The summed E-state index contributed by atoms with van der Waals surface area (Å²) in [7, 11) is 0. The molecule has 1 amide bonds. The maximum atomic E-state index is 13.6. The Hall–Kier alpha value is -5.24. The van der Waals surface area contributed by atoms with Crippen molar-refractivity contribution >= 4 is 51.9 Å². The number of para-hydroxylation sites is 1. The number of carbonyl (C=O) groups excluding carboxylic acids is 1. The van der Waals surface area contributed by atoms with Gasteiger partial charge in [0.1, 0.15) is 22.3 Å². The Labute approximate surface area is 235 Å². The van der Waals surface area contributed by atoms with Crippen LogP contribution in [0, 0.1) is 21.4 Å². The van der Waals surface area contributed by atoms with Gasteiger partial charge in [-0.1, -0.05) is 29.8 Å². The van der Waals surface area contributed by atoms with Crippen molar-refractivity contribution in [3.63, 3.8) is 0 Å². The molecule has 3 aromatic carbocycles. The van der Waals surface area contributed by atoms with Crippen LogP contribution in [0.1, 0.15) is 5.76 Å². The van der Waals surface area contributed by atoms with E-state index in [1.807, 2.05) is 6.07 Å². The SMILES string of the molecule is N#C/C(C(=O)Nc1ccc(Cl)cc1)=c1\s/c(=C/c2ccc(-c3ccc([N+](=O)[O-])cc3)o2)c(=O)n1-c1ccccc1. The number of hydrogen-bond donors (Lipinski definition) is 1. The van der Waals surface area contributed by atoms with Crippen LogP contribution in [0.2, 0.25) is 5.02 Å². The summed E-state index contributed by atoms with van der Waals surface area (Å²) in [6.07, 6.45) is 1.52. The number of nitro groups is 1. The number of non-ortho nitro benzene ring substituents is 1. The van der Waals surface area contributed by atoms with Gasteiger partial charge in [0.15, 0.2) is 5.57 Å². The van der Waals surface area contributed by atoms with Gasteiger partial charge < -0.3 is 9.73 Å². The number of carbonyl (C=O) groups is 1. The topological polar surface area (TPSA) is 131 Å². The van der Waals surface area contributed by atoms with Crippen LogP contribution in [-0.4, -0.2) is 15.4 Å². The molecule has 1 N–H and O–H groups in total. The van der Waals surface area contributed by atoms with Crippen LogP contribution < -0.4 is 20.1 Å². The van der Waals surface area contributed by atoms with Crippen LogP contribution in [0.3, 0.4) is 0 Å². The zero-order chi connectivity index (χ0) is 28.2. The van der Waals surface area contributed by atoms with E-state index in [1.165, 1.54) is 22.8 Å². The van der Waals surface area contributed by atoms with Crippen LogP contribution in [-0.2, 0) is 4.79 Å². The number of amides is 1. The highest BCUT2D eigenvalue weighted by molar-refractivity contribution is 7.07. The van der Waals surface area contributed by atoms with Gasteiger partial charge in [-0.2, -0.15) is 5.26 Å². The molecular formula is C29H17ClN4O5S. The minimum atomic E-state index is -0.680. The molecule has 0 aliphatic rings. The first-order valence-electron chi connectivity index (χ1n) is 11.7. The van der Waals surface area contributed by atoms with E-state index in [0.717, 1.165) is 11.3 Å². The first-order chi connectivity index (χ1) is 19.3. The zero-order valence-electron chi connectivity index (χ0n) is 20.4. The highest BCUT2D eigenvalue weighted by Gasteiger charge is 2.18. The van der Waals surface area contributed by atoms with Gasteiger partial charge in [-0.3, -0.25) is 24.3 Å². The lowest BCUT2D eigenvalue weighted by molar-refractivity contribution is -0.384. The molecule has 40 heavy (non-hydrogen) atoms. The van der Waals surface area contributed by atoms with Gasteiger partial charge in [0.05, 0.1) is 15.1 Å². The number of nitrogens with one attached hydrogen (secondary N) is 1. The third kappa shape index (κ3) is 5.47. The number of nitro benzene ring substituents is 1. The lowest BCUT2D eigenvalue weighted by Gasteiger charge is -2.06. The first kappa shape index (κ1) is 26.4. The molecule has 5 aromatic rings. The summed E-state index contributed by atoms with van der Waals surface area (Å²) in [4.78, 5) is 37.2. The van der Waals surface area contributed by atoms with Crippen molar-refractivity contribution in [3.8, 4) is 23.1 Å². The number of halogens is 1. The number of hydrogen-bond acceptors (Lipinski definition) is 7. The molecule has 0 aliphatic carbocycles. The van der Waals surface area contributed by atoms with E-state index in [1.54, 1.807) is 78.9 Å². The Morgan fingerprint density at radius 3 is 2.38 bits per heavy atom. The molecule has 0 atom stereocenters. The smallest absolute Gasteiger partial charge is 0.273 e. The maximum absolute atomic E-state index is 13.6. The lowest BCUT2D eigenvalue weighted by Crippen LogP contribution is -2.32. The second kappa shape index (κ2) is 11.2. The van der Waals surface area contributed by atoms with Crippen LogP contribution >= 0.6 is 22.9 Å². The van der Waals surface area contributed by atoms with Gasteiger partial charge in [0, 0.05) is 34.5 Å². The van der Waals surface area contributed by atoms with Gasteiger partial charge >= 0.3 is 0 Å². The Morgan fingerprint density at radius 2 is 1.73 bits per heavy atom. The molecule has 0 bridgehead atoms. The van der Waals surface area contributed by atoms with E-state index in [2.05, 4.69) is 5.32 Å². The van der Waals surface area contributed by atoms with Gasteiger partial charge in [-0.05, 0) is 60.7 Å². The van der Waals surface area contributed by atoms with E-state index in [9.17, 15) is 25.0 Å². The highest BCUT2D eigenvalue weighted by atomic mass is 35.5. The third-order valence-electron chi connectivity index (χ3n) is 5.76. The van der Waals surface area contributed by atoms with Crippen LogP contribution in [0.5, 0.6) is 0 Å². The number of furan rings is 1. The number of thiazole rings is 1. The molecule has 0 saturated heterocycles. The van der Waals surface area contributed by atoms with Crippen molar-refractivity contribution in [1.82, 2.24) is 4.57 Å².